The minimum atomic E-state index is 0.00227. The maximum atomic E-state index is 12.2. The van der Waals surface area contributed by atoms with Gasteiger partial charge in [-0.25, -0.2) is 0 Å². The number of likely N-dealkylation sites (tertiary alicyclic amines) is 1. The van der Waals surface area contributed by atoms with Crippen LogP contribution in [0.15, 0.2) is 6.20 Å². The molecule has 1 saturated heterocycles. The first-order valence-corrected chi connectivity index (χ1v) is 5.71. The van der Waals surface area contributed by atoms with Crippen LogP contribution in [0.25, 0.3) is 0 Å². The molecule has 16 heavy (non-hydrogen) atoms. The molecule has 0 spiro atoms. The van der Waals surface area contributed by atoms with Gasteiger partial charge in [-0.1, -0.05) is 13.8 Å². The third kappa shape index (κ3) is 1.77. The fourth-order valence-electron chi connectivity index (χ4n) is 2.36. The average Bonchev–Trinajstić information content (AvgIpc) is 2.84. The zero-order chi connectivity index (χ0) is 11.7. The van der Waals surface area contributed by atoms with E-state index in [1.54, 1.807) is 0 Å². The molecule has 0 aromatic carbocycles. The minimum Gasteiger partial charge on any atom is -0.383 e. The first-order chi connectivity index (χ1) is 7.61. The first kappa shape index (κ1) is 11.0. The van der Waals surface area contributed by atoms with Gasteiger partial charge in [0.25, 0.3) is 5.91 Å². The molecule has 0 saturated carbocycles. The average molecular weight is 222 g/mol. The highest BCUT2D eigenvalue weighted by molar-refractivity contribution is 5.98. The summed E-state index contributed by atoms with van der Waals surface area (Å²) in [6.07, 6.45) is 3.67. The van der Waals surface area contributed by atoms with Gasteiger partial charge in [0.1, 0.15) is 11.4 Å². The normalized spacial score (nSPS) is 20.7. The van der Waals surface area contributed by atoms with Crippen LogP contribution in [0.3, 0.4) is 0 Å². The van der Waals surface area contributed by atoms with Gasteiger partial charge in [0.2, 0.25) is 0 Å². The highest BCUT2D eigenvalue weighted by Gasteiger charge is 2.32. The number of carbonyl (C=O) groups excluding carboxylic acids is 1. The van der Waals surface area contributed by atoms with E-state index in [4.69, 9.17) is 5.73 Å². The summed E-state index contributed by atoms with van der Waals surface area (Å²) in [7, 11) is 0. The fraction of sp³-hybridized carbons (Fsp3) is 0.636. The number of hydrogen-bond donors (Lipinski definition) is 2. The van der Waals surface area contributed by atoms with E-state index in [1.807, 2.05) is 4.90 Å². The first-order valence-electron chi connectivity index (χ1n) is 5.71. The molecule has 1 aliphatic heterocycles. The molecule has 1 aromatic rings. The lowest BCUT2D eigenvalue weighted by Gasteiger charge is -2.27. The van der Waals surface area contributed by atoms with Gasteiger partial charge >= 0.3 is 0 Å². The lowest BCUT2D eigenvalue weighted by molar-refractivity contribution is 0.0702. The molecule has 0 bridgehead atoms. The fourth-order valence-corrected chi connectivity index (χ4v) is 2.36. The molecule has 5 heteroatoms. The Labute approximate surface area is 95.0 Å². The predicted molar refractivity (Wildman–Crippen MR) is 61.9 cm³/mol. The number of aromatic nitrogens is 2. The zero-order valence-electron chi connectivity index (χ0n) is 9.73. The number of nitrogens with zero attached hydrogens (tertiary/aromatic N) is 2. The number of amides is 1. The number of rotatable bonds is 2. The van der Waals surface area contributed by atoms with Crippen molar-refractivity contribution in [1.82, 2.24) is 15.1 Å². The topological polar surface area (TPSA) is 75.0 Å². The van der Waals surface area contributed by atoms with Crippen LogP contribution in [0.1, 0.15) is 37.0 Å². The SMILES string of the molecule is CC(C)C1CCCN1C(=O)c1cn[nH]c1N. The Balaban J connectivity index is 2.19. The molecule has 1 aromatic heterocycles. The van der Waals surface area contributed by atoms with Crippen molar-refractivity contribution in [2.75, 3.05) is 12.3 Å². The largest absolute Gasteiger partial charge is 0.383 e. The summed E-state index contributed by atoms with van der Waals surface area (Å²) in [5, 5.41) is 6.38. The van der Waals surface area contributed by atoms with Crippen molar-refractivity contribution in [2.24, 2.45) is 5.92 Å². The molecular formula is C11H18N4O. The Bertz CT molecular complexity index is 385. The monoisotopic (exact) mass is 222 g/mol. The number of hydrogen-bond acceptors (Lipinski definition) is 3. The molecule has 5 nitrogen and oxygen atoms in total. The maximum absolute atomic E-state index is 12.2. The molecule has 1 fully saturated rings. The molecule has 1 unspecified atom stereocenters. The van der Waals surface area contributed by atoms with Crippen molar-refractivity contribution in [2.45, 2.75) is 32.7 Å². The van der Waals surface area contributed by atoms with Crippen molar-refractivity contribution >= 4 is 11.7 Å². The maximum Gasteiger partial charge on any atom is 0.259 e. The number of H-pyrrole nitrogens is 1. The van der Waals surface area contributed by atoms with Crippen molar-refractivity contribution in [3.63, 3.8) is 0 Å². The molecule has 1 amide bonds. The van der Waals surface area contributed by atoms with Crippen LogP contribution in [0.4, 0.5) is 5.82 Å². The van der Waals surface area contributed by atoms with Gasteiger partial charge < -0.3 is 10.6 Å². The van der Waals surface area contributed by atoms with Gasteiger partial charge in [0.15, 0.2) is 0 Å². The number of carbonyl (C=O) groups is 1. The van der Waals surface area contributed by atoms with E-state index >= 15 is 0 Å². The molecular weight excluding hydrogens is 204 g/mol. The van der Waals surface area contributed by atoms with Crippen molar-refractivity contribution in [3.8, 4) is 0 Å². The summed E-state index contributed by atoms with van der Waals surface area (Å²) < 4.78 is 0. The van der Waals surface area contributed by atoms with E-state index in [-0.39, 0.29) is 5.91 Å². The van der Waals surface area contributed by atoms with Crippen LogP contribution in [0.5, 0.6) is 0 Å². The quantitative estimate of drug-likeness (QED) is 0.790. The molecule has 2 rings (SSSR count). The van der Waals surface area contributed by atoms with E-state index in [1.165, 1.54) is 6.20 Å². The van der Waals surface area contributed by atoms with Crippen molar-refractivity contribution < 1.29 is 4.79 Å². The molecule has 88 valence electrons. The Morgan fingerprint density at radius 3 is 3.00 bits per heavy atom. The van der Waals surface area contributed by atoms with E-state index in [0.29, 0.717) is 23.3 Å². The number of nitrogens with two attached hydrogens (primary N) is 1. The van der Waals surface area contributed by atoms with Gasteiger partial charge in [-0.05, 0) is 18.8 Å². The van der Waals surface area contributed by atoms with E-state index < -0.39 is 0 Å². The van der Waals surface area contributed by atoms with Gasteiger partial charge in [0, 0.05) is 12.6 Å². The second kappa shape index (κ2) is 4.15. The highest BCUT2D eigenvalue weighted by atomic mass is 16.2. The zero-order valence-corrected chi connectivity index (χ0v) is 9.73. The Hall–Kier alpha value is -1.52. The smallest absolute Gasteiger partial charge is 0.259 e. The van der Waals surface area contributed by atoms with E-state index in [2.05, 4.69) is 24.0 Å². The number of anilines is 1. The third-order valence-corrected chi connectivity index (χ3v) is 3.23. The Morgan fingerprint density at radius 2 is 2.44 bits per heavy atom. The van der Waals surface area contributed by atoms with Crippen molar-refractivity contribution in [3.05, 3.63) is 11.8 Å². The lowest BCUT2D eigenvalue weighted by Crippen LogP contribution is -2.38. The van der Waals surface area contributed by atoms with Gasteiger partial charge in [0.05, 0.1) is 6.20 Å². The summed E-state index contributed by atoms with van der Waals surface area (Å²) in [6.45, 7) is 5.12. The summed E-state index contributed by atoms with van der Waals surface area (Å²) in [5.74, 6) is 0.849. The van der Waals surface area contributed by atoms with Crippen LogP contribution in [-0.2, 0) is 0 Å². The highest BCUT2D eigenvalue weighted by Crippen LogP contribution is 2.26. The summed E-state index contributed by atoms with van der Waals surface area (Å²) in [6, 6.07) is 0.335. The number of nitrogen functional groups attached to an aromatic ring is 1. The molecule has 2 heterocycles. The van der Waals surface area contributed by atoms with Gasteiger partial charge in [-0.3, -0.25) is 9.89 Å². The molecule has 0 aliphatic carbocycles. The second-order valence-electron chi connectivity index (χ2n) is 4.65. The van der Waals surface area contributed by atoms with Crippen molar-refractivity contribution in [1.29, 1.82) is 0 Å². The lowest BCUT2D eigenvalue weighted by atomic mass is 10.0. The van der Waals surface area contributed by atoms with E-state index in [9.17, 15) is 4.79 Å². The molecule has 1 atom stereocenters. The van der Waals surface area contributed by atoms with Crippen LogP contribution >= 0.6 is 0 Å². The molecule has 1 aliphatic rings. The summed E-state index contributed by atoms with van der Waals surface area (Å²) in [5.41, 5.74) is 6.16. The predicted octanol–water partition coefficient (Wildman–Crippen LogP) is 1.25. The van der Waals surface area contributed by atoms with Gasteiger partial charge in [-0.2, -0.15) is 5.10 Å². The summed E-state index contributed by atoms with van der Waals surface area (Å²) in [4.78, 5) is 14.2. The molecule has 3 N–H and O–H groups in total. The van der Waals surface area contributed by atoms with Crippen LogP contribution in [-0.4, -0.2) is 33.6 Å². The standard InChI is InChI=1S/C11H18N4O/c1-7(2)9-4-3-5-15(9)11(16)8-6-13-14-10(8)12/h6-7,9H,3-5H2,1-2H3,(H3,12,13,14). The Kier molecular flexibility index (Phi) is 2.85. The van der Waals surface area contributed by atoms with Crippen LogP contribution in [0.2, 0.25) is 0 Å². The third-order valence-electron chi connectivity index (χ3n) is 3.23. The van der Waals surface area contributed by atoms with Crippen LogP contribution in [0, 0.1) is 5.92 Å². The number of aromatic amines is 1. The van der Waals surface area contributed by atoms with Crippen LogP contribution < -0.4 is 5.73 Å². The molecule has 0 radical (unpaired) electrons. The second-order valence-corrected chi connectivity index (χ2v) is 4.65. The minimum absolute atomic E-state index is 0.00227. The Morgan fingerprint density at radius 1 is 1.69 bits per heavy atom. The number of nitrogens with one attached hydrogen (secondary N) is 1. The van der Waals surface area contributed by atoms with E-state index in [0.717, 1.165) is 19.4 Å². The van der Waals surface area contributed by atoms with Gasteiger partial charge in [-0.15, -0.1) is 0 Å². The summed E-state index contributed by atoms with van der Waals surface area (Å²) >= 11 is 0.